The third-order valence-corrected chi connectivity index (χ3v) is 10.7. The third-order valence-electron chi connectivity index (χ3n) is 5.56. The van der Waals surface area contributed by atoms with Gasteiger partial charge < -0.3 is 14.1 Å². The van der Waals surface area contributed by atoms with Crippen LogP contribution in [0.4, 0.5) is 4.79 Å². The van der Waals surface area contributed by atoms with Crippen LogP contribution in [0.25, 0.3) is 0 Å². The summed E-state index contributed by atoms with van der Waals surface area (Å²) in [5.74, 6) is 0. The largest absolute Gasteiger partial charge is 0.445 e. The maximum atomic E-state index is 12.7. The van der Waals surface area contributed by atoms with Gasteiger partial charge in [0.05, 0.1) is 25.0 Å². The summed E-state index contributed by atoms with van der Waals surface area (Å²) >= 11 is 0. The molecule has 164 valence electrons. The van der Waals surface area contributed by atoms with Crippen LogP contribution in [0.3, 0.4) is 0 Å². The van der Waals surface area contributed by atoms with Crippen LogP contribution in [0.2, 0.25) is 18.1 Å². The topological polar surface area (TPSA) is 82.1 Å². The lowest BCUT2D eigenvalue weighted by Gasteiger charge is -2.38. The molecular formula is C20H33NO6SSi. The number of hydrogen-bond donors (Lipinski definition) is 0. The summed E-state index contributed by atoms with van der Waals surface area (Å²) in [6.45, 7) is 11.2. The molecular weight excluding hydrogens is 410 g/mol. The molecule has 0 saturated carbocycles. The van der Waals surface area contributed by atoms with Crippen molar-refractivity contribution in [2.75, 3.05) is 19.4 Å². The first-order valence-electron chi connectivity index (χ1n) is 9.78. The molecule has 9 heteroatoms. The SMILES string of the molecule is CC(C)(C)[Si](C)(C)OC1CC(COS(C)(=O)=O)N(C(=O)OCc2ccccc2)C1. The van der Waals surface area contributed by atoms with Gasteiger partial charge >= 0.3 is 6.09 Å². The predicted molar refractivity (Wildman–Crippen MR) is 115 cm³/mol. The minimum Gasteiger partial charge on any atom is -0.445 e. The Kier molecular flexibility index (Phi) is 7.53. The van der Waals surface area contributed by atoms with Crippen molar-refractivity contribution >= 4 is 24.5 Å². The molecule has 2 unspecified atom stereocenters. The fourth-order valence-electron chi connectivity index (χ4n) is 2.94. The Balaban J connectivity index is 2.07. The van der Waals surface area contributed by atoms with E-state index in [1.807, 2.05) is 30.3 Å². The molecule has 29 heavy (non-hydrogen) atoms. The van der Waals surface area contributed by atoms with Crippen molar-refractivity contribution in [2.45, 2.75) is 64.1 Å². The van der Waals surface area contributed by atoms with E-state index in [0.717, 1.165) is 11.8 Å². The Labute approximate surface area is 175 Å². The standard InChI is InChI=1S/C20H33NO6SSi/c1-20(2,3)29(5,6)27-18-12-17(15-26-28(4,23)24)21(13-18)19(22)25-14-16-10-8-7-9-11-16/h7-11,17-18H,12-15H2,1-6H3. The number of nitrogens with zero attached hydrogens (tertiary/aromatic N) is 1. The quantitative estimate of drug-likeness (QED) is 0.471. The van der Waals surface area contributed by atoms with Crippen molar-refractivity contribution in [3.63, 3.8) is 0 Å². The molecule has 1 aliphatic rings. The van der Waals surface area contributed by atoms with Crippen molar-refractivity contribution in [3.8, 4) is 0 Å². The molecule has 1 aromatic carbocycles. The third kappa shape index (κ3) is 7.09. The zero-order chi connectivity index (χ0) is 21.9. The maximum absolute atomic E-state index is 12.7. The highest BCUT2D eigenvalue weighted by Crippen LogP contribution is 2.39. The number of ether oxygens (including phenoxy) is 1. The lowest BCUT2D eigenvalue weighted by molar-refractivity contribution is 0.0806. The lowest BCUT2D eigenvalue weighted by Crippen LogP contribution is -2.45. The zero-order valence-corrected chi connectivity index (χ0v) is 20.0. The number of likely N-dealkylation sites (tertiary alicyclic amines) is 1. The highest BCUT2D eigenvalue weighted by molar-refractivity contribution is 7.85. The summed E-state index contributed by atoms with van der Waals surface area (Å²) in [5, 5.41) is 0.0347. The first-order valence-corrected chi connectivity index (χ1v) is 14.5. The highest BCUT2D eigenvalue weighted by Gasteiger charge is 2.44. The zero-order valence-electron chi connectivity index (χ0n) is 18.2. The van der Waals surface area contributed by atoms with E-state index in [-0.39, 0.29) is 24.4 Å². The van der Waals surface area contributed by atoms with Crippen molar-refractivity contribution in [1.29, 1.82) is 0 Å². The van der Waals surface area contributed by atoms with Gasteiger partial charge in [-0.05, 0) is 30.1 Å². The fourth-order valence-corrected chi connectivity index (χ4v) is 4.70. The summed E-state index contributed by atoms with van der Waals surface area (Å²) in [4.78, 5) is 14.2. The van der Waals surface area contributed by atoms with E-state index in [1.165, 1.54) is 4.90 Å². The monoisotopic (exact) mass is 443 g/mol. The van der Waals surface area contributed by atoms with Gasteiger partial charge in [0.1, 0.15) is 6.61 Å². The average Bonchev–Trinajstić information content (AvgIpc) is 2.99. The van der Waals surface area contributed by atoms with Crippen LogP contribution >= 0.6 is 0 Å². The molecule has 2 rings (SSSR count). The molecule has 1 fully saturated rings. The van der Waals surface area contributed by atoms with Crippen LogP contribution in [0.1, 0.15) is 32.8 Å². The van der Waals surface area contributed by atoms with Crippen LogP contribution in [0, 0.1) is 0 Å². The molecule has 0 N–H and O–H groups in total. The van der Waals surface area contributed by atoms with Gasteiger partial charge in [0.2, 0.25) is 0 Å². The Bertz CT molecular complexity index is 791. The minimum atomic E-state index is -3.60. The van der Waals surface area contributed by atoms with Gasteiger partial charge in [0, 0.05) is 6.54 Å². The van der Waals surface area contributed by atoms with Crippen molar-refractivity contribution in [3.05, 3.63) is 35.9 Å². The first kappa shape index (κ1) is 23.9. The summed E-state index contributed by atoms with van der Waals surface area (Å²) in [6, 6.07) is 9.00. The average molecular weight is 444 g/mol. The lowest BCUT2D eigenvalue weighted by atomic mass is 10.2. The Hall–Kier alpha value is -1.42. The van der Waals surface area contributed by atoms with Gasteiger partial charge in [-0.15, -0.1) is 0 Å². The number of rotatable bonds is 7. The second-order valence-corrected chi connectivity index (χ2v) is 15.5. The van der Waals surface area contributed by atoms with Gasteiger partial charge in [0.25, 0.3) is 10.1 Å². The van der Waals surface area contributed by atoms with Crippen LogP contribution in [-0.4, -0.2) is 59.3 Å². The predicted octanol–water partition coefficient (Wildman–Crippen LogP) is 3.76. The summed E-state index contributed by atoms with van der Waals surface area (Å²) < 4.78 is 39.8. The molecule has 0 bridgehead atoms. The first-order chi connectivity index (χ1) is 13.3. The second kappa shape index (κ2) is 9.16. The molecule has 1 aliphatic heterocycles. The van der Waals surface area contributed by atoms with E-state index < -0.39 is 30.6 Å². The smallest absolute Gasteiger partial charge is 0.410 e. The molecule has 0 aliphatic carbocycles. The molecule has 0 radical (unpaired) electrons. The number of amides is 1. The molecule has 0 aromatic heterocycles. The number of carbonyl (C=O) groups excluding carboxylic acids is 1. The van der Waals surface area contributed by atoms with Gasteiger partial charge in [-0.1, -0.05) is 51.1 Å². The summed E-state index contributed by atoms with van der Waals surface area (Å²) in [6.07, 6.45) is 0.858. The van der Waals surface area contributed by atoms with Gasteiger partial charge in [0.15, 0.2) is 8.32 Å². The number of hydrogen-bond acceptors (Lipinski definition) is 6. The van der Waals surface area contributed by atoms with Crippen molar-refractivity contribution < 1.29 is 26.6 Å². The molecule has 1 aromatic rings. The normalized spacial score (nSPS) is 20.7. The molecule has 1 heterocycles. The van der Waals surface area contributed by atoms with Gasteiger partial charge in [-0.3, -0.25) is 4.18 Å². The highest BCUT2D eigenvalue weighted by atomic mass is 32.2. The van der Waals surface area contributed by atoms with E-state index in [2.05, 4.69) is 33.9 Å². The Morgan fingerprint density at radius 2 is 1.83 bits per heavy atom. The molecule has 2 atom stereocenters. The van der Waals surface area contributed by atoms with Crippen molar-refractivity contribution in [1.82, 2.24) is 4.90 Å². The molecule has 0 spiro atoms. The summed E-state index contributed by atoms with van der Waals surface area (Å²) in [7, 11) is -5.64. The number of benzene rings is 1. The van der Waals surface area contributed by atoms with Crippen LogP contribution in [0.5, 0.6) is 0 Å². The van der Waals surface area contributed by atoms with Crippen LogP contribution < -0.4 is 0 Å². The Morgan fingerprint density at radius 3 is 2.38 bits per heavy atom. The second-order valence-electron chi connectivity index (χ2n) is 9.07. The molecule has 1 saturated heterocycles. The van der Waals surface area contributed by atoms with E-state index in [4.69, 9.17) is 13.3 Å². The van der Waals surface area contributed by atoms with Crippen molar-refractivity contribution in [2.24, 2.45) is 0 Å². The van der Waals surface area contributed by atoms with Crippen LogP contribution in [-0.2, 0) is 30.1 Å². The fraction of sp³-hybridized carbons (Fsp3) is 0.650. The molecule has 7 nitrogen and oxygen atoms in total. The van der Waals surface area contributed by atoms with Crippen LogP contribution in [0.15, 0.2) is 30.3 Å². The van der Waals surface area contributed by atoms with Gasteiger partial charge in [-0.25, -0.2) is 4.79 Å². The minimum absolute atomic E-state index is 0.0347. The Morgan fingerprint density at radius 1 is 1.21 bits per heavy atom. The molecule has 1 amide bonds. The van der Waals surface area contributed by atoms with Gasteiger partial charge in [-0.2, -0.15) is 8.42 Å². The van der Waals surface area contributed by atoms with E-state index in [1.54, 1.807) is 0 Å². The van der Waals surface area contributed by atoms with E-state index in [9.17, 15) is 13.2 Å². The number of carbonyl (C=O) groups is 1. The van der Waals surface area contributed by atoms with E-state index in [0.29, 0.717) is 13.0 Å². The maximum Gasteiger partial charge on any atom is 0.410 e. The van der Waals surface area contributed by atoms with E-state index >= 15 is 0 Å². The summed E-state index contributed by atoms with van der Waals surface area (Å²) in [5.41, 5.74) is 0.887.